The second-order valence-electron chi connectivity index (χ2n) is 9.20. The summed E-state index contributed by atoms with van der Waals surface area (Å²) in [5.74, 6) is 1.23. The number of para-hydroxylation sites is 4. The average molecular weight is 522 g/mol. The minimum atomic E-state index is 0.507. The van der Waals surface area contributed by atoms with Gasteiger partial charge in [0, 0.05) is 22.9 Å². The van der Waals surface area contributed by atoms with Gasteiger partial charge in [0.05, 0.1) is 38.0 Å². The maximum Gasteiger partial charge on any atom is 0.230 e. The van der Waals surface area contributed by atoms with Crippen molar-refractivity contribution in [2.75, 3.05) is 0 Å². The second-order valence-corrected chi connectivity index (χ2v) is 10.1. The molecular weight excluding hydrogens is 502 g/mol. The van der Waals surface area contributed by atoms with Crippen LogP contribution < -0.4 is 0 Å². The van der Waals surface area contributed by atoms with E-state index in [-0.39, 0.29) is 0 Å². The van der Waals surface area contributed by atoms with Gasteiger partial charge in [-0.15, -0.1) is 11.3 Å². The largest absolute Gasteiger partial charge is 0.436 e. The quantitative estimate of drug-likeness (QED) is 0.252. The Kier molecular flexibility index (Phi) is 4.89. The van der Waals surface area contributed by atoms with Gasteiger partial charge in [0.15, 0.2) is 5.58 Å². The summed E-state index contributed by atoms with van der Waals surface area (Å²) in [6.07, 6.45) is 1.83. The van der Waals surface area contributed by atoms with Crippen molar-refractivity contribution in [1.82, 2.24) is 24.9 Å². The summed E-state index contributed by atoms with van der Waals surface area (Å²) in [4.78, 5) is 23.2. The molecule has 184 valence electrons. The fourth-order valence-electron chi connectivity index (χ4n) is 5.23. The van der Waals surface area contributed by atoms with Crippen LogP contribution in [0.5, 0.6) is 0 Å². The molecule has 0 spiro atoms. The van der Waals surface area contributed by atoms with Crippen LogP contribution in [0.1, 0.15) is 0 Å². The molecule has 1 N–H and O–H groups in total. The summed E-state index contributed by atoms with van der Waals surface area (Å²) in [6.45, 7) is 0. The molecule has 0 aliphatic rings. The van der Waals surface area contributed by atoms with Gasteiger partial charge in [-0.2, -0.15) is 0 Å². The van der Waals surface area contributed by atoms with Crippen LogP contribution in [0, 0.1) is 0 Å². The third-order valence-corrected chi connectivity index (χ3v) is 7.74. The van der Waals surface area contributed by atoms with Gasteiger partial charge in [-0.1, -0.05) is 60.7 Å². The van der Waals surface area contributed by atoms with Gasteiger partial charge in [0.25, 0.3) is 0 Å². The van der Waals surface area contributed by atoms with Crippen LogP contribution in [-0.2, 0) is 0 Å². The Bertz CT molecular complexity index is 2060. The van der Waals surface area contributed by atoms with Crippen molar-refractivity contribution in [2.24, 2.45) is 0 Å². The maximum absolute atomic E-state index is 6.40. The number of oxazole rings is 1. The lowest BCUT2D eigenvalue weighted by atomic mass is 9.87. The lowest BCUT2D eigenvalue weighted by molar-refractivity contribution is 0.620. The number of thiazole rings is 1. The Hall–Kier alpha value is -5.14. The number of benzene rings is 4. The number of hydrogen-bond donors (Lipinski definition) is 1. The number of hydrogen-bond acceptors (Lipinski definition) is 6. The van der Waals surface area contributed by atoms with Crippen molar-refractivity contribution >= 4 is 43.7 Å². The van der Waals surface area contributed by atoms with Crippen LogP contribution in [0.4, 0.5) is 0 Å². The summed E-state index contributed by atoms with van der Waals surface area (Å²) in [7, 11) is 0. The minimum absolute atomic E-state index is 0.507. The molecule has 0 saturated heterocycles. The number of rotatable bonds is 4. The van der Waals surface area contributed by atoms with E-state index in [1.165, 1.54) is 0 Å². The fourth-order valence-corrected chi connectivity index (χ4v) is 6.08. The SMILES string of the molecule is c1ccc(-c2c(-c3nc4ccccc4[nH]3)c(-c3nc4ccccc4o3)c3ncsc3c2-c2ccccn2)cc1. The number of fused-ring (bicyclic) bond motifs is 3. The van der Waals surface area contributed by atoms with E-state index in [0.29, 0.717) is 5.89 Å². The van der Waals surface area contributed by atoms with Crippen LogP contribution in [0.15, 0.2) is 113 Å². The molecule has 8 rings (SSSR count). The van der Waals surface area contributed by atoms with Crippen molar-refractivity contribution in [2.45, 2.75) is 0 Å². The molecule has 8 aromatic rings. The molecule has 6 nitrogen and oxygen atoms in total. The summed E-state index contributed by atoms with van der Waals surface area (Å²) in [5, 5.41) is 0. The Morgan fingerprint density at radius 1 is 0.641 bits per heavy atom. The molecule has 0 aliphatic heterocycles. The zero-order chi connectivity index (χ0) is 25.8. The zero-order valence-corrected chi connectivity index (χ0v) is 21.3. The first kappa shape index (κ1) is 21.9. The first-order valence-electron chi connectivity index (χ1n) is 12.6. The molecule has 4 aromatic heterocycles. The molecule has 39 heavy (non-hydrogen) atoms. The number of H-pyrrole nitrogens is 1. The van der Waals surface area contributed by atoms with Crippen molar-refractivity contribution in [3.63, 3.8) is 0 Å². The highest BCUT2D eigenvalue weighted by molar-refractivity contribution is 7.17. The molecule has 4 heterocycles. The highest BCUT2D eigenvalue weighted by atomic mass is 32.1. The molecule has 0 fully saturated rings. The molecule has 0 radical (unpaired) electrons. The summed E-state index contributed by atoms with van der Waals surface area (Å²) < 4.78 is 7.42. The van der Waals surface area contributed by atoms with Crippen LogP contribution in [0.2, 0.25) is 0 Å². The van der Waals surface area contributed by atoms with Gasteiger partial charge < -0.3 is 9.40 Å². The maximum atomic E-state index is 6.40. The number of nitrogens with zero attached hydrogens (tertiary/aromatic N) is 4. The van der Waals surface area contributed by atoms with Crippen LogP contribution in [0.3, 0.4) is 0 Å². The van der Waals surface area contributed by atoms with Gasteiger partial charge in [-0.05, 0) is 42.0 Å². The molecule has 0 saturated carbocycles. The normalized spacial score (nSPS) is 11.6. The third kappa shape index (κ3) is 3.48. The summed E-state index contributed by atoms with van der Waals surface area (Å²) in [6, 6.07) is 32.2. The number of pyridine rings is 1. The predicted octanol–water partition coefficient (Wildman–Crippen LogP) is 8.38. The first-order chi connectivity index (χ1) is 19.3. The summed E-state index contributed by atoms with van der Waals surface area (Å²) >= 11 is 1.59. The highest BCUT2D eigenvalue weighted by Crippen LogP contribution is 2.50. The van der Waals surface area contributed by atoms with Crippen LogP contribution >= 0.6 is 11.3 Å². The van der Waals surface area contributed by atoms with E-state index in [1.54, 1.807) is 11.3 Å². The smallest absolute Gasteiger partial charge is 0.230 e. The second kappa shape index (κ2) is 8.72. The van der Waals surface area contributed by atoms with E-state index < -0.39 is 0 Å². The van der Waals surface area contributed by atoms with Crippen LogP contribution in [-0.4, -0.2) is 24.9 Å². The predicted molar refractivity (Wildman–Crippen MR) is 156 cm³/mol. The van der Waals surface area contributed by atoms with Gasteiger partial charge in [-0.25, -0.2) is 15.0 Å². The fraction of sp³-hybridized carbons (Fsp3) is 0. The molecule has 0 bridgehead atoms. The average Bonchev–Trinajstić information content (AvgIpc) is 3.74. The number of aromatic nitrogens is 5. The monoisotopic (exact) mass is 521 g/mol. The van der Waals surface area contributed by atoms with Crippen LogP contribution in [0.25, 0.3) is 77.6 Å². The topological polar surface area (TPSA) is 80.5 Å². The zero-order valence-electron chi connectivity index (χ0n) is 20.5. The van der Waals surface area contributed by atoms with Gasteiger partial charge in [0.1, 0.15) is 11.3 Å². The van der Waals surface area contributed by atoms with E-state index in [9.17, 15) is 0 Å². The standard InChI is InChI=1S/C32H19N5OS/c1-2-10-19(11-3-1)25-26(23-15-8-9-17-33-23)30-29(34-18-39-30)28(32-37-22-14-6-7-16-24(22)38-32)27(25)31-35-20-12-4-5-13-21(20)36-31/h1-18H,(H,35,36). The Balaban J connectivity index is 1.60. The van der Waals surface area contributed by atoms with E-state index in [1.807, 2.05) is 84.5 Å². The Morgan fingerprint density at radius 3 is 2.26 bits per heavy atom. The molecule has 0 unspecified atom stereocenters. The molecule has 4 aromatic carbocycles. The van der Waals surface area contributed by atoms with E-state index in [2.05, 4.69) is 29.2 Å². The van der Waals surface area contributed by atoms with Gasteiger partial charge >= 0.3 is 0 Å². The van der Waals surface area contributed by atoms with Crippen molar-refractivity contribution in [3.05, 3.63) is 109 Å². The van der Waals surface area contributed by atoms with Gasteiger partial charge in [-0.3, -0.25) is 4.98 Å². The number of imidazole rings is 1. The molecule has 0 atom stereocenters. The van der Waals surface area contributed by atoms with Crippen molar-refractivity contribution in [1.29, 1.82) is 0 Å². The third-order valence-electron chi connectivity index (χ3n) is 6.90. The first-order valence-corrected chi connectivity index (χ1v) is 13.4. The van der Waals surface area contributed by atoms with Gasteiger partial charge in [0.2, 0.25) is 5.89 Å². The molecular formula is C32H19N5OS. The Morgan fingerprint density at radius 2 is 1.44 bits per heavy atom. The highest BCUT2D eigenvalue weighted by Gasteiger charge is 2.29. The lowest BCUT2D eigenvalue weighted by Gasteiger charge is -2.18. The van der Waals surface area contributed by atoms with E-state index in [0.717, 1.165) is 71.7 Å². The molecule has 7 heteroatoms. The summed E-state index contributed by atoms with van der Waals surface area (Å²) in [5.41, 5.74) is 11.6. The number of aromatic amines is 1. The van der Waals surface area contributed by atoms with Crippen molar-refractivity contribution < 1.29 is 4.42 Å². The van der Waals surface area contributed by atoms with Crippen molar-refractivity contribution in [3.8, 4) is 45.2 Å². The van der Waals surface area contributed by atoms with E-state index in [4.69, 9.17) is 24.4 Å². The number of nitrogens with one attached hydrogen (secondary N) is 1. The Labute approximate surface area is 226 Å². The lowest BCUT2D eigenvalue weighted by Crippen LogP contribution is -1.98. The molecule has 0 amide bonds. The van der Waals surface area contributed by atoms with E-state index >= 15 is 0 Å². The molecule has 0 aliphatic carbocycles. The minimum Gasteiger partial charge on any atom is -0.436 e.